The summed E-state index contributed by atoms with van der Waals surface area (Å²) in [5.41, 5.74) is 0.00863. The van der Waals surface area contributed by atoms with Crippen molar-refractivity contribution in [1.82, 2.24) is 5.32 Å². The van der Waals surface area contributed by atoms with Gasteiger partial charge in [0.1, 0.15) is 11.9 Å². The molecule has 6 nitrogen and oxygen atoms in total. The van der Waals surface area contributed by atoms with Crippen LogP contribution in [-0.4, -0.2) is 36.1 Å². The van der Waals surface area contributed by atoms with E-state index in [0.717, 1.165) is 6.07 Å². The van der Waals surface area contributed by atoms with Gasteiger partial charge in [0.25, 0.3) is 5.91 Å². The van der Waals surface area contributed by atoms with E-state index in [1.165, 1.54) is 25.3 Å². The first kappa shape index (κ1) is 15.6. The molecule has 7 heteroatoms. The zero-order valence-electron chi connectivity index (χ0n) is 10.8. The minimum Gasteiger partial charge on any atom is -0.480 e. The van der Waals surface area contributed by atoms with Crippen LogP contribution < -0.4 is 5.32 Å². The highest BCUT2D eigenvalue weighted by molar-refractivity contribution is 5.96. The van der Waals surface area contributed by atoms with Gasteiger partial charge in [0.05, 0.1) is 7.11 Å². The van der Waals surface area contributed by atoms with Gasteiger partial charge in [0, 0.05) is 12.0 Å². The van der Waals surface area contributed by atoms with E-state index in [4.69, 9.17) is 5.11 Å². The predicted molar refractivity (Wildman–Crippen MR) is 66.5 cm³/mol. The lowest BCUT2D eigenvalue weighted by Gasteiger charge is -2.13. The van der Waals surface area contributed by atoms with Crippen molar-refractivity contribution in [2.24, 2.45) is 0 Å². The SMILES string of the molecule is COC(=O)CCC(NC(=O)c1cccc(F)c1)C(=O)O. The van der Waals surface area contributed by atoms with Gasteiger partial charge in [-0.05, 0) is 24.6 Å². The molecule has 1 aromatic rings. The van der Waals surface area contributed by atoms with E-state index in [0.29, 0.717) is 0 Å². The Morgan fingerprint density at radius 2 is 2.10 bits per heavy atom. The topological polar surface area (TPSA) is 92.7 Å². The first-order chi connectivity index (χ1) is 9.43. The molecular formula is C13H14FNO5. The van der Waals surface area contributed by atoms with Gasteiger partial charge >= 0.3 is 11.9 Å². The van der Waals surface area contributed by atoms with Gasteiger partial charge in [-0.15, -0.1) is 0 Å². The Bertz CT molecular complexity index is 517. The molecule has 0 aliphatic rings. The summed E-state index contributed by atoms with van der Waals surface area (Å²) in [7, 11) is 1.18. The third kappa shape index (κ3) is 4.68. The second-order valence-corrected chi connectivity index (χ2v) is 3.99. The van der Waals surface area contributed by atoms with Crippen LogP contribution in [0.1, 0.15) is 23.2 Å². The number of carbonyl (C=O) groups is 3. The van der Waals surface area contributed by atoms with Crippen molar-refractivity contribution in [2.45, 2.75) is 18.9 Å². The standard InChI is InChI=1S/C13H14FNO5/c1-20-11(16)6-5-10(13(18)19)15-12(17)8-3-2-4-9(14)7-8/h2-4,7,10H,5-6H2,1H3,(H,15,17)(H,18,19). The number of hydrogen-bond donors (Lipinski definition) is 2. The minimum atomic E-state index is -1.28. The molecule has 0 aromatic heterocycles. The summed E-state index contributed by atoms with van der Waals surface area (Å²) < 4.78 is 17.4. The summed E-state index contributed by atoms with van der Waals surface area (Å²) in [5, 5.41) is 11.2. The highest BCUT2D eigenvalue weighted by atomic mass is 19.1. The Balaban J connectivity index is 2.68. The van der Waals surface area contributed by atoms with E-state index in [1.54, 1.807) is 0 Å². The molecular weight excluding hydrogens is 269 g/mol. The fourth-order valence-corrected chi connectivity index (χ4v) is 1.49. The number of halogens is 1. The molecule has 1 aromatic carbocycles. The van der Waals surface area contributed by atoms with Crippen LogP contribution in [0.25, 0.3) is 0 Å². The van der Waals surface area contributed by atoms with E-state index in [1.807, 2.05) is 0 Å². The maximum absolute atomic E-state index is 13.0. The Labute approximate surface area is 114 Å². The Kier molecular flexibility index (Phi) is 5.64. The molecule has 2 N–H and O–H groups in total. The molecule has 0 aliphatic heterocycles. The number of methoxy groups -OCH3 is 1. The van der Waals surface area contributed by atoms with E-state index in [9.17, 15) is 18.8 Å². The van der Waals surface area contributed by atoms with Crippen LogP contribution in [0.2, 0.25) is 0 Å². The van der Waals surface area contributed by atoms with Crippen molar-refractivity contribution in [2.75, 3.05) is 7.11 Å². The first-order valence-corrected chi connectivity index (χ1v) is 5.80. The Morgan fingerprint density at radius 1 is 1.40 bits per heavy atom. The van der Waals surface area contributed by atoms with Crippen LogP contribution >= 0.6 is 0 Å². The summed E-state index contributed by atoms with van der Waals surface area (Å²) in [6.07, 6.45) is -0.250. The number of carboxylic acid groups (broad SMARTS) is 1. The van der Waals surface area contributed by atoms with Crippen molar-refractivity contribution in [3.8, 4) is 0 Å². The van der Waals surface area contributed by atoms with Gasteiger partial charge < -0.3 is 15.2 Å². The number of esters is 1. The Hall–Kier alpha value is -2.44. The highest BCUT2D eigenvalue weighted by Crippen LogP contribution is 2.06. The van der Waals surface area contributed by atoms with E-state index < -0.39 is 29.7 Å². The lowest BCUT2D eigenvalue weighted by molar-refractivity contribution is -0.142. The lowest BCUT2D eigenvalue weighted by atomic mass is 10.1. The number of nitrogens with one attached hydrogen (secondary N) is 1. The third-order valence-corrected chi connectivity index (χ3v) is 2.56. The molecule has 0 bridgehead atoms. The van der Waals surface area contributed by atoms with Crippen LogP contribution in [0, 0.1) is 5.82 Å². The number of amides is 1. The second-order valence-electron chi connectivity index (χ2n) is 3.99. The molecule has 0 saturated carbocycles. The van der Waals surface area contributed by atoms with Crippen LogP contribution in [0.3, 0.4) is 0 Å². The highest BCUT2D eigenvalue weighted by Gasteiger charge is 2.22. The van der Waals surface area contributed by atoms with E-state index >= 15 is 0 Å². The van der Waals surface area contributed by atoms with Gasteiger partial charge in [-0.1, -0.05) is 6.07 Å². The summed E-state index contributed by atoms with van der Waals surface area (Å²) in [6, 6.07) is 3.62. The molecule has 0 radical (unpaired) electrons. The number of carboxylic acids is 1. The van der Waals surface area contributed by atoms with Gasteiger partial charge in [-0.25, -0.2) is 9.18 Å². The first-order valence-electron chi connectivity index (χ1n) is 5.80. The molecule has 0 aliphatic carbocycles. The quantitative estimate of drug-likeness (QED) is 0.759. The molecule has 1 rings (SSSR count). The van der Waals surface area contributed by atoms with Crippen molar-refractivity contribution in [3.05, 3.63) is 35.6 Å². The lowest BCUT2D eigenvalue weighted by Crippen LogP contribution is -2.41. The molecule has 0 fully saturated rings. The Morgan fingerprint density at radius 3 is 2.65 bits per heavy atom. The monoisotopic (exact) mass is 283 g/mol. The average molecular weight is 283 g/mol. The number of carbonyl (C=O) groups excluding carboxylic acids is 2. The molecule has 108 valence electrons. The van der Waals surface area contributed by atoms with Crippen LogP contribution in [0.4, 0.5) is 4.39 Å². The average Bonchev–Trinajstić information content (AvgIpc) is 2.42. The number of ether oxygens (including phenoxy) is 1. The summed E-state index contributed by atoms with van der Waals surface area (Å²) in [4.78, 5) is 33.7. The van der Waals surface area contributed by atoms with Crippen LogP contribution in [0.15, 0.2) is 24.3 Å². The maximum atomic E-state index is 13.0. The molecule has 0 saturated heterocycles. The summed E-state index contributed by atoms with van der Waals surface area (Å²) >= 11 is 0. The van der Waals surface area contributed by atoms with E-state index in [-0.39, 0.29) is 18.4 Å². The van der Waals surface area contributed by atoms with Crippen molar-refractivity contribution >= 4 is 17.8 Å². The van der Waals surface area contributed by atoms with Crippen molar-refractivity contribution < 1.29 is 28.6 Å². The molecule has 1 atom stereocenters. The fraction of sp³-hybridized carbons (Fsp3) is 0.308. The van der Waals surface area contributed by atoms with Crippen LogP contribution in [0.5, 0.6) is 0 Å². The fourth-order valence-electron chi connectivity index (χ4n) is 1.49. The molecule has 20 heavy (non-hydrogen) atoms. The maximum Gasteiger partial charge on any atom is 0.326 e. The zero-order valence-corrected chi connectivity index (χ0v) is 10.8. The van der Waals surface area contributed by atoms with Gasteiger partial charge in [-0.3, -0.25) is 9.59 Å². The van der Waals surface area contributed by atoms with Gasteiger partial charge in [0.2, 0.25) is 0 Å². The third-order valence-electron chi connectivity index (χ3n) is 2.56. The molecule has 0 spiro atoms. The molecule has 1 unspecified atom stereocenters. The van der Waals surface area contributed by atoms with E-state index in [2.05, 4.69) is 10.1 Å². The predicted octanol–water partition coefficient (Wildman–Crippen LogP) is 0.962. The molecule has 1 amide bonds. The second kappa shape index (κ2) is 7.22. The zero-order chi connectivity index (χ0) is 15.1. The number of aliphatic carboxylic acids is 1. The normalized spacial score (nSPS) is 11.5. The van der Waals surface area contributed by atoms with Crippen molar-refractivity contribution in [3.63, 3.8) is 0 Å². The summed E-state index contributed by atoms with van der Waals surface area (Å²) in [6.45, 7) is 0. The van der Waals surface area contributed by atoms with Crippen LogP contribution in [-0.2, 0) is 14.3 Å². The smallest absolute Gasteiger partial charge is 0.326 e. The van der Waals surface area contributed by atoms with Gasteiger partial charge in [-0.2, -0.15) is 0 Å². The molecule has 0 heterocycles. The summed E-state index contributed by atoms with van der Waals surface area (Å²) in [5.74, 6) is -3.17. The largest absolute Gasteiger partial charge is 0.480 e. The minimum absolute atomic E-state index is 0.00863. The number of rotatable bonds is 6. The number of hydrogen-bond acceptors (Lipinski definition) is 4. The van der Waals surface area contributed by atoms with Crippen molar-refractivity contribution in [1.29, 1.82) is 0 Å². The number of benzene rings is 1. The van der Waals surface area contributed by atoms with Gasteiger partial charge in [0.15, 0.2) is 0 Å².